The van der Waals surface area contributed by atoms with Crippen LogP contribution in [0.3, 0.4) is 0 Å². The Labute approximate surface area is 134 Å². The maximum absolute atomic E-state index is 12.5. The predicted molar refractivity (Wildman–Crippen MR) is 89.5 cm³/mol. The molecule has 1 saturated heterocycles. The van der Waals surface area contributed by atoms with Crippen molar-refractivity contribution in [2.75, 3.05) is 13.1 Å². The minimum Gasteiger partial charge on any atom is -0.356 e. The number of carbonyl (C=O) groups is 1. The van der Waals surface area contributed by atoms with Crippen molar-refractivity contribution in [3.63, 3.8) is 0 Å². The van der Waals surface area contributed by atoms with Gasteiger partial charge in [-0.25, -0.2) is 0 Å². The maximum Gasteiger partial charge on any atom is 0.224 e. The molecule has 22 heavy (non-hydrogen) atoms. The number of carbonyl (C=O) groups excluding carboxylic acids is 1. The van der Waals surface area contributed by atoms with Crippen LogP contribution in [0.15, 0.2) is 30.3 Å². The van der Waals surface area contributed by atoms with Crippen molar-refractivity contribution in [1.29, 1.82) is 0 Å². The van der Waals surface area contributed by atoms with E-state index in [0.717, 1.165) is 32.5 Å². The third kappa shape index (κ3) is 3.89. The summed E-state index contributed by atoms with van der Waals surface area (Å²) in [5.41, 5.74) is 1.36. The summed E-state index contributed by atoms with van der Waals surface area (Å²) in [5.74, 6) is 0.490. The zero-order valence-corrected chi connectivity index (χ0v) is 13.5. The number of rotatable bonds is 2. The molecule has 0 spiro atoms. The van der Waals surface area contributed by atoms with Crippen molar-refractivity contribution in [2.45, 2.75) is 57.5 Å². The minimum atomic E-state index is 0.196. The zero-order valence-electron chi connectivity index (χ0n) is 13.5. The van der Waals surface area contributed by atoms with Gasteiger partial charge in [0.05, 0.1) is 5.92 Å². The van der Waals surface area contributed by atoms with E-state index in [1.165, 1.54) is 37.7 Å². The fourth-order valence-corrected chi connectivity index (χ4v) is 4.00. The summed E-state index contributed by atoms with van der Waals surface area (Å²) in [5, 5.41) is 3.17. The van der Waals surface area contributed by atoms with Crippen LogP contribution in [0.2, 0.25) is 0 Å². The van der Waals surface area contributed by atoms with Crippen LogP contribution in [-0.2, 0) is 11.3 Å². The van der Waals surface area contributed by atoms with Gasteiger partial charge in [0.2, 0.25) is 5.91 Å². The van der Waals surface area contributed by atoms with Crippen molar-refractivity contribution in [1.82, 2.24) is 10.2 Å². The average Bonchev–Trinajstić information content (AvgIpc) is 3.02. The van der Waals surface area contributed by atoms with Gasteiger partial charge >= 0.3 is 0 Å². The Morgan fingerprint density at radius 3 is 2.68 bits per heavy atom. The van der Waals surface area contributed by atoms with Gasteiger partial charge in [-0.1, -0.05) is 49.6 Å². The number of nitrogens with zero attached hydrogens (tertiary/aromatic N) is 1. The van der Waals surface area contributed by atoms with Crippen molar-refractivity contribution >= 4 is 5.91 Å². The Kier molecular flexibility index (Phi) is 5.49. The first kappa shape index (κ1) is 15.5. The molecule has 1 aromatic rings. The number of fused-ring (bicyclic) bond motifs is 1. The lowest BCUT2D eigenvalue weighted by molar-refractivity contribution is -0.126. The molecule has 1 aromatic carbocycles. The van der Waals surface area contributed by atoms with E-state index in [0.29, 0.717) is 11.9 Å². The normalized spacial score (nSPS) is 27.7. The van der Waals surface area contributed by atoms with E-state index < -0.39 is 0 Å². The van der Waals surface area contributed by atoms with Crippen molar-refractivity contribution in [3.05, 3.63) is 35.9 Å². The summed E-state index contributed by atoms with van der Waals surface area (Å²) in [7, 11) is 0. The molecule has 1 heterocycles. The first-order valence-corrected chi connectivity index (χ1v) is 8.90. The highest BCUT2D eigenvalue weighted by Gasteiger charge is 2.36. The van der Waals surface area contributed by atoms with Crippen molar-refractivity contribution in [3.8, 4) is 0 Å². The molecule has 0 bridgehead atoms. The molecule has 2 atom stereocenters. The molecule has 3 rings (SSSR count). The molecule has 120 valence electrons. The highest BCUT2D eigenvalue weighted by molar-refractivity contribution is 5.79. The van der Waals surface area contributed by atoms with Gasteiger partial charge in [-0.05, 0) is 37.8 Å². The van der Waals surface area contributed by atoms with Gasteiger partial charge in [-0.3, -0.25) is 9.69 Å². The molecule has 0 aromatic heterocycles. The second kappa shape index (κ2) is 7.77. The van der Waals surface area contributed by atoms with Crippen molar-refractivity contribution in [2.24, 2.45) is 5.92 Å². The van der Waals surface area contributed by atoms with E-state index in [9.17, 15) is 4.79 Å². The molecule has 1 aliphatic carbocycles. The molecule has 3 nitrogen and oxygen atoms in total. The average molecular weight is 300 g/mol. The largest absolute Gasteiger partial charge is 0.356 e. The predicted octanol–water partition coefficient (Wildman–Crippen LogP) is 3.35. The van der Waals surface area contributed by atoms with Crippen LogP contribution in [-0.4, -0.2) is 29.9 Å². The summed E-state index contributed by atoms with van der Waals surface area (Å²) >= 11 is 0. The second-order valence-corrected chi connectivity index (χ2v) is 6.77. The Bertz CT molecular complexity index is 474. The molecule has 2 aliphatic rings. The Morgan fingerprint density at radius 1 is 1.00 bits per heavy atom. The first-order chi connectivity index (χ1) is 10.8. The molecule has 2 fully saturated rings. The van der Waals surface area contributed by atoms with E-state index in [2.05, 4.69) is 40.5 Å². The van der Waals surface area contributed by atoms with Gasteiger partial charge in [0.1, 0.15) is 0 Å². The monoisotopic (exact) mass is 300 g/mol. The standard InChI is InChI=1S/C19H28N2O/c22-19-17-11-8-12-18(17)21(14-7-2-1-6-13-20-19)15-16-9-4-3-5-10-16/h3-5,9-10,17-18H,1-2,6-8,11-15H2,(H,20,22). The highest BCUT2D eigenvalue weighted by atomic mass is 16.1. The lowest BCUT2D eigenvalue weighted by Gasteiger charge is -2.32. The summed E-state index contributed by atoms with van der Waals surface area (Å²) in [6, 6.07) is 11.1. The number of amides is 1. The number of benzene rings is 1. The van der Waals surface area contributed by atoms with Gasteiger partial charge in [-0.15, -0.1) is 0 Å². The zero-order chi connectivity index (χ0) is 15.2. The van der Waals surface area contributed by atoms with E-state index in [-0.39, 0.29) is 5.92 Å². The topological polar surface area (TPSA) is 32.3 Å². The van der Waals surface area contributed by atoms with Crippen LogP contribution in [0.25, 0.3) is 0 Å². The molecule has 1 aliphatic heterocycles. The quantitative estimate of drug-likeness (QED) is 0.908. The Balaban J connectivity index is 1.75. The van der Waals surface area contributed by atoms with E-state index in [4.69, 9.17) is 0 Å². The van der Waals surface area contributed by atoms with E-state index in [1.807, 2.05) is 0 Å². The van der Waals surface area contributed by atoms with Crippen LogP contribution >= 0.6 is 0 Å². The lowest BCUT2D eigenvalue weighted by atomic mass is 10.00. The molecule has 1 saturated carbocycles. The maximum atomic E-state index is 12.5. The van der Waals surface area contributed by atoms with Gasteiger partial charge in [0, 0.05) is 19.1 Å². The molecule has 3 heteroatoms. The number of nitrogens with one attached hydrogen (secondary N) is 1. The van der Waals surface area contributed by atoms with Crippen LogP contribution in [0.1, 0.15) is 50.5 Å². The highest BCUT2D eigenvalue weighted by Crippen LogP contribution is 2.32. The van der Waals surface area contributed by atoms with Crippen molar-refractivity contribution < 1.29 is 4.79 Å². The smallest absolute Gasteiger partial charge is 0.224 e. The lowest BCUT2D eigenvalue weighted by Crippen LogP contribution is -2.44. The third-order valence-electron chi connectivity index (χ3n) is 5.19. The Hall–Kier alpha value is -1.35. The molecule has 1 N–H and O–H groups in total. The fourth-order valence-electron chi connectivity index (χ4n) is 4.00. The van der Waals surface area contributed by atoms with E-state index in [1.54, 1.807) is 0 Å². The molecule has 0 radical (unpaired) electrons. The first-order valence-electron chi connectivity index (χ1n) is 8.90. The summed E-state index contributed by atoms with van der Waals surface area (Å²) < 4.78 is 0. The second-order valence-electron chi connectivity index (χ2n) is 6.77. The van der Waals surface area contributed by atoms with Crippen LogP contribution < -0.4 is 5.32 Å². The van der Waals surface area contributed by atoms with Gasteiger partial charge in [0.25, 0.3) is 0 Å². The van der Waals surface area contributed by atoms with E-state index >= 15 is 0 Å². The Morgan fingerprint density at radius 2 is 1.82 bits per heavy atom. The molecular formula is C19H28N2O. The minimum absolute atomic E-state index is 0.196. The van der Waals surface area contributed by atoms with Gasteiger partial charge in [0.15, 0.2) is 0 Å². The van der Waals surface area contributed by atoms with Gasteiger partial charge < -0.3 is 5.32 Å². The van der Waals surface area contributed by atoms with Crippen LogP contribution in [0, 0.1) is 5.92 Å². The fraction of sp³-hybridized carbons (Fsp3) is 0.632. The molecule has 2 unspecified atom stereocenters. The summed E-state index contributed by atoms with van der Waals surface area (Å²) in [4.78, 5) is 15.1. The number of hydrogen-bond acceptors (Lipinski definition) is 2. The summed E-state index contributed by atoms with van der Waals surface area (Å²) in [6.07, 6.45) is 8.31. The molecule has 1 amide bonds. The van der Waals surface area contributed by atoms with Crippen LogP contribution in [0.5, 0.6) is 0 Å². The SMILES string of the molecule is O=C1NCCCCCCN(Cc2ccccc2)C2CCCC12. The van der Waals surface area contributed by atoms with Gasteiger partial charge in [-0.2, -0.15) is 0 Å². The summed E-state index contributed by atoms with van der Waals surface area (Å²) in [6.45, 7) is 2.97. The third-order valence-corrected chi connectivity index (χ3v) is 5.19. The number of hydrogen-bond donors (Lipinski definition) is 1. The van der Waals surface area contributed by atoms with Crippen LogP contribution in [0.4, 0.5) is 0 Å². The molecular weight excluding hydrogens is 272 g/mol.